The number of aromatic amines is 1. The van der Waals surface area contributed by atoms with Crippen molar-refractivity contribution in [3.63, 3.8) is 0 Å². The van der Waals surface area contributed by atoms with Gasteiger partial charge in [-0.3, -0.25) is 5.10 Å². The van der Waals surface area contributed by atoms with Crippen LogP contribution in [0.25, 0.3) is 0 Å². The van der Waals surface area contributed by atoms with E-state index in [1.165, 1.54) is 0 Å². The largest absolute Gasteiger partial charge is 0.340 e. The maximum Gasteiger partial charge on any atom is 0.125 e. The Morgan fingerprint density at radius 2 is 2.08 bits per heavy atom. The van der Waals surface area contributed by atoms with Crippen molar-refractivity contribution in [2.75, 3.05) is 5.32 Å². The summed E-state index contributed by atoms with van der Waals surface area (Å²) in [6.45, 7) is 0. The average molecular weight is 238 g/mol. The smallest absolute Gasteiger partial charge is 0.125 e. The molecule has 0 aliphatic heterocycles. The van der Waals surface area contributed by atoms with Crippen molar-refractivity contribution in [2.45, 2.75) is 0 Å². The number of aromatic nitrogens is 2. The van der Waals surface area contributed by atoms with Crippen LogP contribution >= 0.6 is 15.9 Å². The molecule has 2 rings (SSSR count). The van der Waals surface area contributed by atoms with E-state index in [2.05, 4.69) is 31.4 Å². The molecule has 0 aliphatic carbocycles. The van der Waals surface area contributed by atoms with Crippen LogP contribution < -0.4 is 5.32 Å². The molecule has 0 aliphatic rings. The molecule has 0 saturated heterocycles. The lowest BCUT2D eigenvalue weighted by Crippen LogP contribution is -1.90. The van der Waals surface area contributed by atoms with Crippen LogP contribution in [0.2, 0.25) is 0 Å². The highest BCUT2D eigenvalue weighted by atomic mass is 79.9. The Kier molecular flexibility index (Phi) is 2.31. The van der Waals surface area contributed by atoms with Gasteiger partial charge in [-0.15, -0.1) is 0 Å². The summed E-state index contributed by atoms with van der Waals surface area (Å²) < 4.78 is 1.03. The molecule has 1 aromatic heterocycles. The number of nitrogens with zero attached hydrogens (tertiary/aromatic N) is 1. The number of H-pyrrole nitrogens is 1. The Morgan fingerprint density at radius 3 is 2.77 bits per heavy atom. The Balaban J connectivity index is 2.24. The number of para-hydroxylation sites is 1. The van der Waals surface area contributed by atoms with E-state index in [1.807, 2.05) is 30.3 Å². The predicted molar refractivity (Wildman–Crippen MR) is 56.0 cm³/mol. The third-order valence-corrected chi connectivity index (χ3v) is 2.34. The summed E-state index contributed by atoms with van der Waals surface area (Å²) in [6, 6.07) is 9.80. The highest BCUT2D eigenvalue weighted by molar-refractivity contribution is 9.10. The Labute approximate surface area is 84.3 Å². The van der Waals surface area contributed by atoms with Gasteiger partial charge >= 0.3 is 0 Å². The number of anilines is 2. The van der Waals surface area contributed by atoms with Gasteiger partial charge in [0.2, 0.25) is 0 Å². The van der Waals surface area contributed by atoms with Crippen LogP contribution in [0.1, 0.15) is 0 Å². The summed E-state index contributed by atoms with van der Waals surface area (Å²) in [4.78, 5) is 0. The van der Waals surface area contributed by atoms with Gasteiger partial charge in [0.05, 0.1) is 11.9 Å². The van der Waals surface area contributed by atoms with Gasteiger partial charge in [-0.2, -0.15) is 5.10 Å². The van der Waals surface area contributed by atoms with Gasteiger partial charge in [0, 0.05) is 10.5 Å². The summed E-state index contributed by atoms with van der Waals surface area (Å²) in [6.07, 6.45) is 1.71. The molecule has 0 unspecified atom stereocenters. The molecule has 0 saturated carbocycles. The zero-order valence-corrected chi connectivity index (χ0v) is 8.38. The van der Waals surface area contributed by atoms with Crippen molar-refractivity contribution in [2.24, 2.45) is 0 Å². The second-order valence-corrected chi connectivity index (χ2v) is 3.43. The molecule has 1 heterocycles. The van der Waals surface area contributed by atoms with Gasteiger partial charge in [-0.25, -0.2) is 0 Å². The zero-order valence-electron chi connectivity index (χ0n) is 6.79. The van der Waals surface area contributed by atoms with Crippen LogP contribution in [0, 0.1) is 0 Å². The van der Waals surface area contributed by atoms with E-state index in [-0.39, 0.29) is 0 Å². The molecule has 0 amide bonds. The molecule has 0 atom stereocenters. The van der Waals surface area contributed by atoms with Crippen LogP contribution in [-0.4, -0.2) is 10.2 Å². The molecule has 0 radical (unpaired) electrons. The van der Waals surface area contributed by atoms with Crippen molar-refractivity contribution >= 4 is 27.4 Å². The van der Waals surface area contributed by atoms with Crippen LogP contribution in [0.4, 0.5) is 11.5 Å². The van der Waals surface area contributed by atoms with Crippen molar-refractivity contribution in [3.05, 3.63) is 41.0 Å². The summed E-state index contributed by atoms with van der Waals surface area (Å²) in [7, 11) is 0. The topological polar surface area (TPSA) is 40.7 Å². The monoisotopic (exact) mass is 237 g/mol. The van der Waals surface area contributed by atoms with Gasteiger partial charge in [0.1, 0.15) is 5.82 Å². The summed E-state index contributed by atoms with van der Waals surface area (Å²) in [5.74, 6) is 0.881. The minimum atomic E-state index is 0.881. The molecular weight excluding hydrogens is 230 g/mol. The van der Waals surface area contributed by atoms with E-state index >= 15 is 0 Å². The summed E-state index contributed by atoms with van der Waals surface area (Å²) >= 11 is 3.45. The van der Waals surface area contributed by atoms with E-state index in [1.54, 1.807) is 6.20 Å². The number of hydrogen-bond donors (Lipinski definition) is 2. The lowest BCUT2D eigenvalue weighted by atomic mass is 10.3. The minimum Gasteiger partial charge on any atom is -0.340 e. The van der Waals surface area contributed by atoms with E-state index in [0.717, 1.165) is 16.0 Å². The first-order chi connectivity index (χ1) is 6.36. The van der Waals surface area contributed by atoms with Crippen LogP contribution in [-0.2, 0) is 0 Å². The van der Waals surface area contributed by atoms with Gasteiger partial charge < -0.3 is 5.32 Å². The normalized spacial score (nSPS) is 9.92. The van der Waals surface area contributed by atoms with Gasteiger partial charge in [-0.05, 0) is 28.1 Å². The standard InChI is InChI=1S/C9H8BrN3/c10-7-3-1-2-4-8(7)12-9-5-6-11-13-9/h1-6H,(H2,11,12,13). The van der Waals surface area contributed by atoms with E-state index in [0.29, 0.717) is 0 Å². The van der Waals surface area contributed by atoms with Gasteiger partial charge in [0.25, 0.3) is 0 Å². The first-order valence-electron chi connectivity index (χ1n) is 3.87. The molecule has 66 valence electrons. The van der Waals surface area contributed by atoms with Crippen LogP contribution in [0.5, 0.6) is 0 Å². The summed E-state index contributed by atoms with van der Waals surface area (Å²) in [5.41, 5.74) is 1.02. The molecule has 13 heavy (non-hydrogen) atoms. The molecule has 0 fully saturated rings. The predicted octanol–water partition coefficient (Wildman–Crippen LogP) is 2.92. The van der Waals surface area contributed by atoms with Crippen molar-refractivity contribution in [1.82, 2.24) is 10.2 Å². The lowest BCUT2D eigenvalue weighted by molar-refractivity contribution is 1.09. The fraction of sp³-hybridized carbons (Fsp3) is 0. The van der Waals surface area contributed by atoms with Gasteiger partial charge in [-0.1, -0.05) is 12.1 Å². The lowest BCUT2D eigenvalue weighted by Gasteiger charge is -2.04. The third-order valence-electron chi connectivity index (χ3n) is 1.64. The number of hydrogen-bond acceptors (Lipinski definition) is 2. The van der Waals surface area contributed by atoms with E-state index in [4.69, 9.17) is 0 Å². The number of benzene rings is 1. The second kappa shape index (κ2) is 3.62. The Bertz CT molecular complexity index is 384. The Hall–Kier alpha value is -1.29. The van der Waals surface area contributed by atoms with Crippen molar-refractivity contribution in [1.29, 1.82) is 0 Å². The highest BCUT2D eigenvalue weighted by Crippen LogP contribution is 2.23. The molecular formula is C9H8BrN3. The van der Waals surface area contributed by atoms with Crippen molar-refractivity contribution < 1.29 is 0 Å². The molecule has 2 N–H and O–H groups in total. The quantitative estimate of drug-likeness (QED) is 0.844. The number of nitrogens with one attached hydrogen (secondary N) is 2. The van der Waals surface area contributed by atoms with E-state index in [9.17, 15) is 0 Å². The minimum absolute atomic E-state index is 0.881. The Morgan fingerprint density at radius 1 is 1.23 bits per heavy atom. The molecule has 4 heteroatoms. The second-order valence-electron chi connectivity index (χ2n) is 2.58. The van der Waals surface area contributed by atoms with Crippen molar-refractivity contribution in [3.8, 4) is 0 Å². The maximum atomic E-state index is 3.85. The number of rotatable bonds is 2. The maximum absolute atomic E-state index is 3.85. The van der Waals surface area contributed by atoms with Gasteiger partial charge in [0.15, 0.2) is 0 Å². The molecule has 0 spiro atoms. The molecule has 2 aromatic rings. The molecule has 3 nitrogen and oxygen atoms in total. The molecule has 1 aromatic carbocycles. The third kappa shape index (κ3) is 1.89. The zero-order chi connectivity index (χ0) is 9.10. The number of halogens is 1. The highest BCUT2D eigenvalue weighted by Gasteiger charge is 1.98. The summed E-state index contributed by atoms with van der Waals surface area (Å²) in [5, 5.41) is 9.86. The average Bonchev–Trinajstić information content (AvgIpc) is 2.61. The first kappa shape index (κ1) is 8.31. The van der Waals surface area contributed by atoms with Crippen LogP contribution in [0.3, 0.4) is 0 Å². The van der Waals surface area contributed by atoms with Crippen LogP contribution in [0.15, 0.2) is 41.0 Å². The fourth-order valence-electron chi connectivity index (χ4n) is 1.03. The SMILES string of the molecule is Brc1ccccc1Nc1ccn[nH]1. The first-order valence-corrected chi connectivity index (χ1v) is 4.66. The molecule has 0 bridgehead atoms. The fourth-order valence-corrected chi connectivity index (χ4v) is 1.42. The van der Waals surface area contributed by atoms with E-state index < -0.39 is 0 Å².